The van der Waals surface area contributed by atoms with Crippen molar-refractivity contribution in [3.05, 3.63) is 71.8 Å². The van der Waals surface area contributed by atoms with Gasteiger partial charge in [0.1, 0.15) is 4.90 Å². The lowest BCUT2D eigenvalue weighted by Gasteiger charge is -2.22. The summed E-state index contributed by atoms with van der Waals surface area (Å²) in [5, 5.41) is 0. The number of nitrogens with zero attached hydrogens (tertiary/aromatic N) is 1. The van der Waals surface area contributed by atoms with Crippen LogP contribution >= 0.6 is 0 Å². The first kappa shape index (κ1) is 18.7. The Morgan fingerprint density at radius 3 is 2.32 bits per heavy atom. The molecule has 0 saturated carbocycles. The van der Waals surface area contributed by atoms with Gasteiger partial charge in [0.15, 0.2) is 0 Å². The van der Waals surface area contributed by atoms with Crippen molar-refractivity contribution >= 4 is 21.9 Å². The van der Waals surface area contributed by atoms with E-state index in [4.69, 9.17) is 4.18 Å². The van der Waals surface area contributed by atoms with Crippen LogP contribution in [0.4, 0.5) is 10.5 Å². The Kier molecular flexibility index (Phi) is 5.98. The predicted molar refractivity (Wildman–Crippen MR) is 98.2 cm³/mol. The minimum Gasteiger partial charge on any atom is -0.324 e. The zero-order chi connectivity index (χ0) is 18.4. The van der Waals surface area contributed by atoms with Crippen molar-refractivity contribution < 1.29 is 17.4 Å². The van der Waals surface area contributed by atoms with E-state index in [0.29, 0.717) is 5.69 Å². The Morgan fingerprint density at radius 2 is 1.72 bits per heavy atom. The molecule has 0 aromatic heterocycles. The van der Waals surface area contributed by atoms with Gasteiger partial charge in [-0.25, -0.2) is 4.79 Å². The largest absolute Gasteiger partial charge is 0.430 e. The lowest BCUT2D eigenvalue weighted by atomic mass is 10.2. The van der Waals surface area contributed by atoms with Crippen molar-refractivity contribution in [1.29, 1.82) is 0 Å². The number of carbonyl (C=O) groups is 1. The fourth-order valence-electron chi connectivity index (χ4n) is 2.24. The van der Waals surface area contributed by atoms with Gasteiger partial charge in [-0.05, 0) is 44.5 Å². The highest BCUT2D eigenvalue weighted by molar-refractivity contribution is 7.87. The SMILES string of the molecule is CC=CCN(C(=O)OS(=O)(=O)c1ccc(C)cc1)c1ccccc1C. The second-order valence-corrected chi connectivity index (χ2v) is 7.13. The number of rotatable bonds is 5. The summed E-state index contributed by atoms with van der Waals surface area (Å²) in [4.78, 5) is 13.8. The summed E-state index contributed by atoms with van der Waals surface area (Å²) >= 11 is 0. The first-order chi connectivity index (χ1) is 11.8. The third-order valence-electron chi connectivity index (χ3n) is 3.64. The number of hydrogen-bond acceptors (Lipinski definition) is 4. The number of allylic oxidation sites excluding steroid dienone is 1. The van der Waals surface area contributed by atoms with Crippen LogP contribution < -0.4 is 4.90 Å². The van der Waals surface area contributed by atoms with E-state index in [0.717, 1.165) is 11.1 Å². The normalized spacial score (nSPS) is 11.5. The van der Waals surface area contributed by atoms with Crippen molar-refractivity contribution in [2.45, 2.75) is 25.7 Å². The van der Waals surface area contributed by atoms with Crippen LogP contribution in [0.15, 0.2) is 65.6 Å². The number of carbonyl (C=O) groups excluding carboxylic acids is 1. The number of aryl methyl sites for hydroxylation is 2. The summed E-state index contributed by atoms with van der Waals surface area (Å²) in [6, 6.07) is 13.4. The van der Waals surface area contributed by atoms with E-state index in [1.807, 2.05) is 32.9 Å². The molecule has 2 aromatic carbocycles. The molecule has 0 N–H and O–H groups in total. The number of hydrogen-bond donors (Lipinski definition) is 0. The second kappa shape index (κ2) is 7.98. The van der Waals surface area contributed by atoms with E-state index in [2.05, 4.69) is 0 Å². The number of anilines is 1. The van der Waals surface area contributed by atoms with Crippen LogP contribution in [0.2, 0.25) is 0 Å². The molecule has 0 saturated heterocycles. The third-order valence-corrected chi connectivity index (χ3v) is 4.85. The highest BCUT2D eigenvalue weighted by Gasteiger charge is 2.25. The van der Waals surface area contributed by atoms with E-state index < -0.39 is 16.2 Å². The van der Waals surface area contributed by atoms with Gasteiger partial charge in [-0.1, -0.05) is 48.0 Å². The van der Waals surface area contributed by atoms with Gasteiger partial charge in [0.05, 0.1) is 5.69 Å². The zero-order valence-electron chi connectivity index (χ0n) is 14.5. The Balaban J connectivity index is 2.30. The zero-order valence-corrected chi connectivity index (χ0v) is 15.3. The molecular formula is C19H21NO4S. The summed E-state index contributed by atoms with van der Waals surface area (Å²) in [7, 11) is -4.18. The maximum atomic E-state index is 12.5. The molecule has 25 heavy (non-hydrogen) atoms. The van der Waals surface area contributed by atoms with Gasteiger partial charge in [-0.2, -0.15) is 8.42 Å². The van der Waals surface area contributed by atoms with E-state index in [1.165, 1.54) is 17.0 Å². The predicted octanol–water partition coefficient (Wildman–Crippen LogP) is 4.21. The van der Waals surface area contributed by atoms with Crippen LogP contribution in [0.25, 0.3) is 0 Å². The summed E-state index contributed by atoms with van der Waals surface area (Å²) < 4.78 is 29.6. The van der Waals surface area contributed by atoms with Gasteiger partial charge in [0.25, 0.3) is 0 Å². The molecular weight excluding hydrogens is 338 g/mol. The molecule has 5 nitrogen and oxygen atoms in total. The first-order valence-corrected chi connectivity index (χ1v) is 9.25. The summed E-state index contributed by atoms with van der Waals surface area (Å²) in [5.74, 6) is 0. The minimum absolute atomic E-state index is 0.0535. The quantitative estimate of drug-likeness (QED) is 0.592. The molecule has 132 valence electrons. The van der Waals surface area contributed by atoms with Gasteiger partial charge in [-0.15, -0.1) is 0 Å². The molecule has 0 spiro atoms. The monoisotopic (exact) mass is 359 g/mol. The van der Waals surface area contributed by atoms with E-state index in [-0.39, 0.29) is 11.4 Å². The maximum absolute atomic E-state index is 12.5. The van der Waals surface area contributed by atoms with Crippen LogP contribution in [-0.4, -0.2) is 21.1 Å². The molecule has 0 unspecified atom stereocenters. The Hall–Kier alpha value is -2.60. The standard InChI is InChI=1S/C19H21NO4S/c1-4-5-14-20(18-9-7-6-8-16(18)3)19(21)24-25(22,23)17-12-10-15(2)11-13-17/h4-13H,14H2,1-3H3. The van der Waals surface area contributed by atoms with Crippen molar-refractivity contribution in [2.24, 2.45) is 0 Å². The molecule has 0 aliphatic carbocycles. The molecule has 0 radical (unpaired) electrons. The lowest BCUT2D eigenvalue weighted by Crippen LogP contribution is -2.34. The van der Waals surface area contributed by atoms with Crippen LogP contribution in [0.5, 0.6) is 0 Å². The molecule has 6 heteroatoms. The second-order valence-electron chi connectivity index (χ2n) is 5.58. The molecule has 0 aliphatic heterocycles. The van der Waals surface area contributed by atoms with Crippen LogP contribution in [-0.2, 0) is 14.3 Å². The molecule has 2 aromatic rings. The van der Waals surface area contributed by atoms with Crippen LogP contribution in [0.1, 0.15) is 18.1 Å². The smallest absolute Gasteiger partial charge is 0.324 e. The molecule has 0 heterocycles. The topological polar surface area (TPSA) is 63.7 Å². The average Bonchev–Trinajstić information content (AvgIpc) is 2.56. The van der Waals surface area contributed by atoms with Gasteiger partial charge in [-0.3, -0.25) is 4.90 Å². The highest BCUT2D eigenvalue weighted by Crippen LogP contribution is 2.22. The Morgan fingerprint density at radius 1 is 1.08 bits per heavy atom. The fraction of sp³-hybridized carbons (Fsp3) is 0.211. The summed E-state index contributed by atoms with van der Waals surface area (Å²) in [6.07, 6.45) is 2.60. The highest BCUT2D eigenvalue weighted by atomic mass is 32.2. The molecule has 1 amide bonds. The van der Waals surface area contributed by atoms with E-state index >= 15 is 0 Å². The first-order valence-electron chi connectivity index (χ1n) is 7.84. The summed E-state index contributed by atoms with van der Waals surface area (Å²) in [5.41, 5.74) is 2.36. The van der Waals surface area contributed by atoms with E-state index in [9.17, 15) is 13.2 Å². The lowest BCUT2D eigenvalue weighted by molar-refractivity contribution is 0.210. The van der Waals surface area contributed by atoms with Crippen molar-refractivity contribution in [3.8, 4) is 0 Å². The molecule has 0 aliphatic rings. The number of para-hydroxylation sites is 1. The average molecular weight is 359 g/mol. The molecule has 2 rings (SSSR count). The van der Waals surface area contributed by atoms with Crippen molar-refractivity contribution in [1.82, 2.24) is 0 Å². The third kappa shape index (κ3) is 4.70. The number of benzene rings is 2. The van der Waals surface area contributed by atoms with Crippen molar-refractivity contribution in [2.75, 3.05) is 11.4 Å². The van der Waals surface area contributed by atoms with E-state index in [1.54, 1.807) is 36.4 Å². The molecule has 0 fully saturated rings. The van der Waals surface area contributed by atoms with Gasteiger partial charge < -0.3 is 4.18 Å². The van der Waals surface area contributed by atoms with Gasteiger partial charge in [0, 0.05) is 6.54 Å². The maximum Gasteiger partial charge on any atom is 0.430 e. The van der Waals surface area contributed by atoms with Crippen molar-refractivity contribution in [3.63, 3.8) is 0 Å². The minimum atomic E-state index is -4.18. The van der Waals surface area contributed by atoms with Gasteiger partial charge >= 0.3 is 16.2 Å². The Bertz CT molecular complexity index is 871. The fourth-order valence-corrected chi connectivity index (χ4v) is 3.08. The summed E-state index contributed by atoms with van der Waals surface area (Å²) in [6.45, 7) is 5.73. The molecule has 0 bridgehead atoms. The van der Waals surface area contributed by atoms with Crippen LogP contribution in [0.3, 0.4) is 0 Å². The Labute approximate surface area is 148 Å². The van der Waals surface area contributed by atoms with Crippen LogP contribution in [0, 0.1) is 13.8 Å². The van der Waals surface area contributed by atoms with Gasteiger partial charge in [0.2, 0.25) is 0 Å². The number of amides is 1. The molecule has 0 atom stereocenters.